The van der Waals surface area contributed by atoms with Crippen LogP contribution in [0.25, 0.3) is 0 Å². The Balaban J connectivity index is 1.56. The maximum atomic E-state index is 12.6. The Bertz CT molecular complexity index is 1010. The molecule has 1 aromatic carbocycles. The summed E-state index contributed by atoms with van der Waals surface area (Å²) in [6.45, 7) is 2.20. The van der Waals surface area contributed by atoms with Crippen molar-refractivity contribution >= 4 is 41.5 Å². The average Bonchev–Trinajstić information content (AvgIpc) is 3.05. The Hall–Kier alpha value is -3.61. The van der Waals surface area contributed by atoms with Crippen molar-refractivity contribution in [2.45, 2.75) is 31.9 Å². The van der Waals surface area contributed by atoms with E-state index in [0.717, 1.165) is 16.7 Å². The molecular weight excluding hydrogens is 448 g/mol. The van der Waals surface area contributed by atoms with Crippen molar-refractivity contribution in [1.82, 2.24) is 4.90 Å². The fourth-order valence-electron chi connectivity index (χ4n) is 3.23. The highest BCUT2D eigenvalue weighted by atomic mass is 32.2. The first-order valence-electron chi connectivity index (χ1n) is 9.26. The summed E-state index contributed by atoms with van der Waals surface area (Å²) >= 11 is 1.06. The number of carbonyl (C=O) groups is 4. The van der Waals surface area contributed by atoms with Crippen LogP contribution < -0.4 is 0 Å². The second-order valence-corrected chi connectivity index (χ2v) is 8.10. The molecule has 2 heterocycles. The Morgan fingerprint density at radius 3 is 2.44 bits per heavy atom. The number of fused-ring (bicyclic) bond motifs is 1. The highest BCUT2D eigenvalue weighted by molar-refractivity contribution is 8.04. The molecule has 13 heteroatoms. The minimum atomic E-state index is -1.33. The summed E-state index contributed by atoms with van der Waals surface area (Å²) in [5.74, 6) is -3.26. The fraction of sp³-hybridized carbons (Fsp3) is 0.368. The van der Waals surface area contributed by atoms with Crippen molar-refractivity contribution in [2.75, 3.05) is 6.61 Å². The highest BCUT2D eigenvalue weighted by Gasteiger charge is 2.58. The molecular formula is C19H18N2O10S. The third-order valence-corrected chi connectivity index (χ3v) is 6.09. The van der Waals surface area contributed by atoms with Crippen LogP contribution in [0.3, 0.4) is 0 Å². The minimum absolute atomic E-state index is 0.102. The Kier molecular flexibility index (Phi) is 6.67. The molecule has 1 amide bonds. The van der Waals surface area contributed by atoms with Gasteiger partial charge in [0.05, 0.1) is 9.83 Å². The quantitative estimate of drug-likeness (QED) is 0.258. The maximum Gasteiger partial charge on any atom is 0.508 e. The number of carbonyl (C=O) groups excluding carboxylic acids is 3. The van der Waals surface area contributed by atoms with E-state index in [-0.39, 0.29) is 29.5 Å². The Morgan fingerprint density at radius 1 is 1.22 bits per heavy atom. The van der Waals surface area contributed by atoms with E-state index in [2.05, 4.69) is 0 Å². The van der Waals surface area contributed by atoms with Gasteiger partial charge in [-0.1, -0.05) is 11.8 Å². The predicted octanol–water partition coefficient (Wildman–Crippen LogP) is 2.03. The molecule has 12 nitrogen and oxygen atoms in total. The molecule has 3 atom stereocenters. The van der Waals surface area contributed by atoms with E-state index in [0.29, 0.717) is 5.56 Å². The predicted molar refractivity (Wildman–Crippen MR) is 107 cm³/mol. The number of non-ortho nitro benzene ring substituents is 1. The number of nitro groups is 1. The van der Waals surface area contributed by atoms with Crippen LogP contribution in [-0.4, -0.2) is 57.0 Å². The number of nitrogens with zero attached hydrogens (tertiary/aromatic N) is 2. The van der Waals surface area contributed by atoms with Gasteiger partial charge in [-0.15, -0.1) is 0 Å². The van der Waals surface area contributed by atoms with Crippen LogP contribution in [0.15, 0.2) is 34.9 Å². The number of hydrogen-bond acceptors (Lipinski definition) is 10. The zero-order valence-corrected chi connectivity index (χ0v) is 17.7. The summed E-state index contributed by atoms with van der Waals surface area (Å²) in [6.07, 6.45) is -1.96. The second kappa shape index (κ2) is 9.26. The molecule has 3 rings (SSSR count). The van der Waals surface area contributed by atoms with Crippen molar-refractivity contribution < 1.29 is 43.4 Å². The maximum absolute atomic E-state index is 12.6. The summed E-state index contributed by atoms with van der Waals surface area (Å²) < 4.78 is 15.0. The molecule has 0 saturated carbocycles. The smallest absolute Gasteiger partial charge is 0.477 e. The largest absolute Gasteiger partial charge is 0.508 e. The van der Waals surface area contributed by atoms with Gasteiger partial charge < -0.3 is 19.3 Å². The van der Waals surface area contributed by atoms with Gasteiger partial charge in [-0.25, -0.2) is 9.59 Å². The number of aliphatic carboxylic acids is 1. The summed E-state index contributed by atoms with van der Waals surface area (Å²) in [6, 6.07) is 5.40. The van der Waals surface area contributed by atoms with E-state index in [1.54, 1.807) is 0 Å². The molecule has 1 aromatic rings. The molecule has 0 spiro atoms. The lowest BCUT2D eigenvalue weighted by molar-refractivity contribution is -0.384. The monoisotopic (exact) mass is 466 g/mol. The number of thioether (sulfide) groups is 1. The summed E-state index contributed by atoms with van der Waals surface area (Å²) in [7, 11) is 0. The standard InChI is InChI=1S/C19H18N2O10S/c1-9(31-19(26)30-7-11-3-5-12(6-4-11)21(27)28)14-16(23)20-15(18(24)25)13(32-17(14)20)8-29-10(2)22/h3-6,9,14,17H,7-8H2,1-2H3,(H,24,25)/t9-,14+,17-/m1/s1. The molecule has 170 valence electrons. The minimum Gasteiger partial charge on any atom is -0.477 e. The molecule has 2 aliphatic rings. The van der Waals surface area contributed by atoms with Gasteiger partial charge in [0.2, 0.25) is 5.91 Å². The van der Waals surface area contributed by atoms with Crippen molar-refractivity contribution in [3.8, 4) is 0 Å². The summed E-state index contributed by atoms with van der Waals surface area (Å²) in [5.41, 5.74) is 0.146. The van der Waals surface area contributed by atoms with E-state index in [9.17, 15) is 34.4 Å². The zero-order valence-electron chi connectivity index (χ0n) is 16.9. The molecule has 1 saturated heterocycles. The van der Waals surface area contributed by atoms with Crippen LogP contribution >= 0.6 is 11.8 Å². The van der Waals surface area contributed by atoms with E-state index in [1.807, 2.05) is 0 Å². The number of nitro benzene ring substituents is 1. The third-order valence-electron chi connectivity index (χ3n) is 4.75. The molecule has 0 bridgehead atoms. The number of ether oxygens (including phenoxy) is 3. The summed E-state index contributed by atoms with van der Waals surface area (Å²) in [4.78, 5) is 58.6. The van der Waals surface area contributed by atoms with Gasteiger partial charge in [0, 0.05) is 19.1 Å². The number of benzene rings is 1. The van der Waals surface area contributed by atoms with E-state index in [4.69, 9.17) is 14.2 Å². The van der Waals surface area contributed by atoms with Gasteiger partial charge >= 0.3 is 18.1 Å². The van der Waals surface area contributed by atoms with Gasteiger partial charge in [0.15, 0.2) is 0 Å². The van der Waals surface area contributed by atoms with E-state index < -0.39 is 46.3 Å². The number of β-lactam (4-membered cyclic amide) rings is 1. The highest BCUT2D eigenvalue weighted by Crippen LogP contribution is 2.50. The van der Waals surface area contributed by atoms with Crippen LogP contribution in [0.1, 0.15) is 19.4 Å². The van der Waals surface area contributed by atoms with Gasteiger partial charge in [-0.05, 0) is 24.6 Å². The van der Waals surface area contributed by atoms with E-state index >= 15 is 0 Å². The normalized spacial score (nSPS) is 20.2. The summed E-state index contributed by atoms with van der Waals surface area (Å²) in [5, 5.41) is 19.5. The van der Waals surface area contributed by atoms with Gasteiger partial charge in [0.1, 0.15) is 36.3 Å². The topological polar surface area (TPSA) is 163 Å². The first kappa shape index (κ1) is 23.1. The molecule has 0 radical (unpaired) electrons. The van der Waals surface area contributed by atoms with Gasteiger partial charge in [0.25, 0.3) is 5.69 Å². The van der Waals surface area contributed by atoms with Crippen LogP contribution in [0.4, 0.5) is 10.5 Å². The number of carboxylic acids is 1. The number of esters is 1. The van der Waals surface area contributed by atoms with Crippen LogP contribution in [0, 0.1) is 16.0 Å². The molecule has 1 fully saturated rings. The lowest BCUT2D eigenvalue weighted by atomic mass is 9.92. The lowest BCUT2D eigenvalue weighted by Gasteiger charge is -2.44. The molecule has 0 aromatic heterocycles. The SMILES string of the molecule is CC(=O)OCC1=C(C(=O)O)N2C(=O)[C@H]([C@@H](C)OC(=O)OCc3ccc([N+](=O)[O-])cc3)[C@H]2S1. The molecule has 0 aliphatic carbocycles. The van der Waals surface area contributed by atoms with Crippen molar-refractivity contribution in [3.05, 3.63) is 50.5 Å². The van der Waals surface area contributed by atoms with Crippen molar-refractivity contribution in [1.29, 1.82) is 0 Å². The number of rotatable bonds is 8. The van der Waals surface area contributed by atoms with Gasteiger partial charge in [-0.3, -0.25) is 24.6 Å². The Labute approximate surface area is 185 Å². The van der Waals surface area contributed by atoms with Crippen LogP contribution in [0.2, 0.25) is 0 Å². The average molecular weight is 466 g/mol. The molecule has 0 unspecified atom stereocenters. The number of amides is 1. The molecule has 1 N–H and O–H groups in total. The molecule has 2 aliphatic heterocycles. The number of hydrogen-bond donors (Lipinski definition) is 1. The van der Waals surface area contributed by atoms with E-state index in [1.165, 1.54) is 38.1 Å². The Morgan fingerprint density at radius 2 is 1.88 bits per heavy atom. The van der Waals surface area contributed by atoms with Crippen LogP contribution in [0.5, 0.6) is 0 Å². The van der Waals surface area contributed by atoms with Gasteiger partial charge in [-0.2, -0.15) is 0 Å². The van der Waals surface area contributed by atoms with Crippen molar-refractivity contribution in [3.63, 3.8) is 0 Å². The van der Waals surface area contributed by atoms with Crippen molar-refractivity contribution in [2.24, 2.45) is 5.92 Å². The molecule has 32 heavy (non-hydrogen) atoms. The number of carboxylic acid groups (broad SMARTS) is 1. The third kappa shape index (κ3) is 4.66. The fourth-order valence-corrected chi connectivity index (χ4v) is 4.74. The first-order valence-corrected chi connectivity index (χ1v) is 10.1. The van der Waals surface area contributed by atoms with Crippen LogP contribution in [-0.2, 0) is 35.2 Å². The zero-order chi connectivity index (χ0) is 23.6. The first-order chi connectivity index (χ1) is 15.1. The second-order valence-electron chi connectivity index (χ2n) is 6.88. The lowest BCUT2D eigenvalue weighted by Crippen LogP contribution is -2.61.